The van der Waals surface area contributed by atoms with Crippen molar-refractivity contribution in [2.75, 3.05) is 11.4 Å². The molecule has 1 saturated heterocycles. The summed E-state index contributed by atoms with van der Waals surface area (Å²) in [6.07, 6.45) is 2.56. The minimum Gasteiger partial charge on any atom is -0.508 e. The van der Waals surface area contributed by atoms with Crippen LogP contribution in [0.2, 0.25) is 5.02 Å². The zero-order valence-corrected chi connectivity index (χ0v) is 16.2. The van der Waals surface area contributed by atoms with Crippen molar-refractivity contribution in [2.24, 2.45) is 0 Å². The maximum Gasteiger partial charge on any atom is 0.265 e. The molecule has 0 aliphatic carbocycles. The molecule has 148 valence electrons. The van der Waals surface area contributed by atoms with Crippen LogP contribution in [0.1, 0.15) is 25.3 Å². The Morgan fingerprint density at radius 2 is 2.14 bits per heavy atom. The first-order valence-electron chi connectivity index (χ1n) is 9.06. The number of hydrogen-bond donors (Lipinski definition) is 3. The number of anilines is 1. The zero-order valence-electron chi connectivity index (χ0n) is 15.5. The summed E-state index contributed by atoms with van der Waals surface area (Å²) in [5.41, 5.74) is -0.207. The Kier molecular flexibility index (Phi) is 5.91. The average Bonchev–Trinajstić information content (AvgIpc) is 2.94. The van der Waals surface area contributed by atoms with Crippen LogP contribution in [-0.4, -0.2) is 28.3 Å². The summed E-state index contributed by atoms with van der Waals surface area (Å²) in [4.78, 5) is 14.5. The van der Waals surface area contributed by atoms with Gasteiger partial charge in [0.1, 0.15) is 11.6 Å². The molecule has 3 rings (SSSR count). The molecular weight excluding hydrogens is 383 g/mol. The summed E-state index contributed by atoms with van der Waals surface area (Å²) in [6, 6.07) is 10.5. The Morgan fingerprint density at radius 3 is 2.82 bits per heavy atom. The monoisotopic (exact) mass is 404 g/mol. The van der Waals surface area contributed by atoms with Crippen molar-refractivity contribution in [3.63, 3.8) is 0 Å². The molecule has 0 saturated carbocycles. The van der Waals surface area contributed by atoms with Crippen molar-refractivity contribution in [1.29, 1.82) is 0 Å². The average molecular weight is 405 g/mol. The highest BCUT2D eigenvalue weighted by atomic mass is 35.5. The van der Waals surface area contributed by atoms with Gasteiger partial charge in [-0.3, -0.25) is 4.79 Å². The lowest BCUT2D eigenvalue weighted by Crippen LogP contribution is -2.45. The van der Waals surface area contributed by atoms with Gasteiger partial charge in [-0.1, -0.05) is 30.7 Å². The summed E-state index contributed by atoms with van der Waals surface area (Å²) in [6.45, 7) is 2.43. The van der Waals surface area contributed by atoms with Crippen LogP contribution in [0.15, 0.2) is 54.2 Å². The predicted molar refractivity (Wildman–Crippen MR) is 107 cm³/mol. The van der Waals surface area contributed by atoms with E-state index in [1.165, 1.54) is 29.2 Å². The van der Waals surface area contributed by atoms with E-state index < -0.39 is 17.3 Å². The third kappa shape index (κ3) is 4.13. The Morgan fingerprint density at radius 1 is 1.36 bits per heavy atom. The fraction of sp³-hybridized carbons (Fsp3) is 0.286. The lowest BCUT2D eigenvalue weighted by atomic mass is 9.96. The second-order valence-corrected chi connectivity index (χ2v) is 7.18. The molecule has 28 heavy (non-hydrogen) atoms. The molecule has 3 N–H and O–H groups in total. The van der Waals surface area contributed by atoms with E-state index in [4.69, 9.17) is 11.6 Å². The maximum atomic E-state index is 13.6. The highest BCUT2D eigenvalue weighted by Gasteiger charge is 2.48. The van der Waals surface area contributed by atoms with E-state index in [9.17, 15) is 19.4 Å². The number of nitrogens with one attached hydrogen (secondary N) is 1. The normalized spacial score (nSPS) is 19.9. The summed E-state index contributed by atoms with van der Waals surface area (Å²) < 4.78 is 13.6. The molecule has 2 aromatic carbocycles. The van der Waals surface area contributed by atoms with E-state index in [0.717, 1.165) is 0 Å². The minimum atomic E-state index is -1.71. The Labute approximate surface area is 168 Å². The number of phenols is 1. The van der Waals surface area contributed by atoms with E-state index >= 15 is 0 Å². The largest absolute Gasteiger partial charge is 0.508 e. The molecule has 1 aliphatic rings. The van der Waals surface area contributed by atoms with E-state index in [2.05, 4.69) is 5.32 Å². The number of amides is 1. The van der Waals surface area contributed by atoms with Crippen molar-refractivity contribution >= 4 is 23.2 Å². The van der Waals surface area contributed by atoms with Gasteiger partial charge in [0.2, 0.25) is 0 Å². The summed E-state index contributed by atoms with van der Waals surface area (Å²) in [5, 5.41) is 24.2. The number of carbonyl (C=O) groups excluding carboxylic acids is 1. The molecule has 5 nitrogen and oxygen atoms in total. The summed E-state index contributed by atoms with van der Waals surface area (Å²) in [5.74, 6) is -0.871. The number of benzene rings is 2. The number of aromatic hydroxyl groups is 1. The number of rotatable bonds is 6. The predicted octanol–water partition coefficient (Wildman–Crippen LogP) is 3.74. The quantitative estimate of drug-likeness (QED) is 0.685. The second-order valence-electron chi connectivity index (χ2n) is 6.74. The molecule has 1 fully saturated rings. The van der Waals surface area contributed by atoms with E-state index in [1.54, 1.807) is 24.3 Å². The van der Waals surface area contributed by atoms with Crippen LogP contribution >= 0.6 is 11.6 Å². The molecule has 1 atom stereocenters. The molecule has 0 spiro atoms. The Balaban J connectivity index is 1.81. The molecule has 2 aromatic rings. The van der Waals surface area contributed by atoms with Crippen molar-refractivity contribution in [2.45, 2.75) is 31.9 Å². The third-order valence-electron chi connectivity index (χ3n) is 4.70. The van der Waals surface area contributed by atoms with Crippen LogP contribution in [0.3, 0.4) is 0 Å². The molecule has 1 heterocycles. The second kappa shape index (κ2) is 8.20. The van der Waals surface area contributed by atoms with Crippen molar-refractivity contribution in [3.05, 3.63) is 70.6 Å². The van der Waals surface area contributed by atoms with Gasteiger partial charge < -0.3 is 20.4 Å². The lowest BCUT2D eigenvalue weighted by molar-refractivity contribution is -0.130. The number of aliphatic hydroxyl groups is 1. The first-order valence-corrected chi connectivity index (χ1v) is 9.44. The van der Waals surface area contributed by atoms with Gasteiger partial charge in [-0.2, -0.15) is 0 Å². The fourth-order valence-electron chi connectivity index (χ4n) is 3.36. The van der Waals surface area contributed by atoms with Crippen LogP contribution in [0, 0.1) is 5.82 Å². The Hall–Kier alpha value is -2.57. The number of allylic oxidation sites excluding steroid dienone is 1. The van der Waals surface area contributed by atoms with E-state index in [0.29, 0.717) is 29.9 Å². The van der Waals surface area contributed by atoms with Crippen molar-refractivity contribution < 1.29 is 19.4 Å². The first-order chi connectivity index (χ1) is 13.3. The van der Waals surface area contributed by atoms with Gasteiger partial charge in [0.15, 0.2) is 5.60 Å². The van der Waals surface area contributed by atoms with E-state index in [1.807, 2.05) is 6.92 Å². The maximum absolute atomic E-state index is 13.6. The smallest absolute Gasteiger partial charge is 0.265 e. The van der Waals surface area contributed by atoms with Gasteiger partial charge in [0.25, 0.3) is 5.91 Å². The van der Waals surface area contributed by atoms with Crippen LogP contribution in [0.4, 0.5) is 10.1 Å². The molecule has 1 amide bonds. The molecule has 1 aliphatic heterocycles. The van der Waals surface area contributed by atoms with Gasteiger partial charge in [0.05, 0.1) is 0 Å². The number of phenolic OH excluding ortho intramolecular Hbond substituents is 1. The van der Waals surface area contributed by atoms with Gasteiger partial charge in [-0.25, -0.2) is 4.39 Å². The number of hydrogen-bond acceptors (Lipinski definition) is 4. The number of halogens is 2. The first kappa shape index (κ1) is 20.2. The van der Waals surface area contributed by atoms with Crippen LogP contribution in [0.25, 0.3) is 0 Å². The molecule has 0 bridgehead atoms. The topological polar surface area (TPSA) is 72.8 Å². The van der Waals surface area contributed by atoms with Gasteiger partial charge in [0, 0.05) is 42.0 Å². The molecule has 0 radical (unpaired) electrons. The summed E-state index contributed by atoms with van der Waals surface area (Å²) in [7, 11) is 0. The third-order valence-corrected chi connectivity index (χ3v) is 4.91. The van der Waals surface area contributed by atoms with Crippen LogP contribution in [-0.2, 0) is 11.3 Å². The highest BCUT2D eigenvalue weighted by Crippen LogP contribution is 2.34. The number of carbonyl (C=O) groups is 1. The standard InChI is InChI=1S/C21H22ClFN2O3/c1-2-4-19(24-13-14-9-15(22)11-16(23)10-14)21(28)7-8-25(20(21)27)17-5-3-6-18(26)12-17/h3-6,9-12,24,26,28H,2,7-8,13H2,1H3. The number of nitrogens with zero attached hydrogens (tertiary/aromatic N) is 1. The fourth-order valence-corrected chi connectivity index (χ4v) is 3.61. The van der Waals surface area contributed by atoms with Gasteiger partial charge in [-0.05, 0) is 42.3 Å². The minimum absolute atomic E-state index is 0.0474. The molecular formula is C21H22ClFN2O3. The molecule has 7 heteroatoms. The highest BCUT2D eigenvalue weighted by molar-refractivity contribution is 6.30. The van der Waals surface area contributed by atoms with E-state index in [-0.39, 0.29) is 23.7 Å². The van der Waals surface area contributed by atoms with Crippen molar-refractivity contribution in [3.8, 4) is 5.75 Å². The summed E-state index contributed by atoms with van der Waals surface area (Å²) >= 11 is 5.89. The van der Waals surface area contributed by atoms with Crippen LogP contribution < -0.4 is 10.2 Å². The zero-order chi connectivity index (χ0) is 20.3. The Bertz CT molecular complexity index is 898. The SMILES string of the molecule is CCC=C(NCc1cc(F)cc(Cl)c1)C1(O)CCN(c2cccc(O)c2)C1=O. The van der Waals surface area contributed by atoms with Gasteiger partial charge in [-0.15, -0.1) is 0 Å². The van der Waals surface area contributed by atoms with Crippen molar-refractivity contribution in [1.82, 2.24) is 5.32 Å². The molecule has 1 unspecified atom stereocenters. The lowest BCUT2D eigenvalue weighted by Gasteiger charge is -2.26. The molecule has 0 aromatic heterocycles. The van der Waals surface area contributed by atoms with Gasteiger partial charge >= 0.3 is 0 Å². The van der Waals surface area contributed by atoms with Crippen LogP contribution in [0.5, 0.6) is 5.75 Å².